The van der Waals surface area contributed by atoms with Crippen molar-refractivity contribution in [1.82, 2.24) is 0 Å². The lowest BCUT2D eigenvalue weighted by atomic mass is 10.2. The molecule has 0 radical (unpaired) electrons. The third-order valence-electron chi connectivity index (χ3n) is 3.09. The average molecular weight is 268 g/mol. The van der Waals surface area contributed by atoms with E-state index in [0.29, 0.717) is 5.57 Å². The van der Waals surface area contributed by atoms with Crippen molar-refractivity contribution in [3.8, 4) is 0 Å². The first-order valence-corrected chi connectivity index (χ1v) is 9.00. The van der Waals surface area contributed by atoms with E-state index >= 15 is 0 Å². The number of hydrogen-bond donors (Lipinski definition) is 0. The van der Waals surface area contributed by atoms with E-state index in [9.17, 15) is 9.59 Å². The number of ketones is 1. The highest BCUT2D eigenvalue weighted by atomic mass is 28.4. The summed E-state index contributed by atoms with van der Waals surface area (Å²) in [5, 5.41) is -0.0417. The van der Waals surface area contributed by atoms with Crippen LogP contribution in [0.5, 0.6) is 0 Å². The van der Waals surface area contributed by atoms with Crippen LogP contribution in [0.4, 0.5) is 0 Å². The monoisotopic (exact) mass is 268 g/mol. The van der Waals surface area contributed by atoms with Gasteiger partial charge >= 0.3 is 5.97 Å². The second-order valence-electron chi connectivity index (χ2n) is 5.86. The van der Waals surface area contributed by atoms with Gasteiger partial charge < -0.3 is 4.43 Å². The van der Waals surface area contributed by atoms with E-state index in [4.69, 9.17) is 4.43 Å². The zero-order chi connectivity index (χ0) is 14.6. The first-order chi connectivity index (χ1) is 8.01. The molecule has 0 amide bonds. The van der Waals surface area contributed by atoms with Crippen LogP contribution in [0.15, 0.2) is 23.8 Å². The molecule has 0 unspecified atom stereocenters. The molecule has 0 aromatic heterocycles. The number of hydrogen-bond acceptors (Lipinski definition) is 3. The van der Waals surface area contributed by atoms with Crippen molar-refractivity contribution >= 4 is 20.1 Å². The zero-order valence-corrected chi connectivity index (χ0v) is 13.5. The Balaban J connectivity index is 5.11. The summed E-state index contributed by atoms with van der Waals surface area (Å²) in [6.07, 6.45) is 4.65. The maximum Gasteiger partial charge on any atom is 0.324 e. The van der Waals surface area contributed by atoms with E-state index in [2.05, 4.69) is 20.8 Å². The minimum Gasteiger partial charge on any atom is -0.516 e. The van der Waals surface area contributed by atoms with Crippen LogP contribution in [-0.4, -0.2) is 20.1 Å². The Bertz CT molecular complexity index is 384. The third-order valence-corrected chi connectivity index (χ3v) is 7.40. The van der Waals surface area contributed by atoms with Gasteiger partial charge in [0, 0.05) is 0 Å². The van der Waals surface area contributed by atoms with Crippen molar-refractivity contribution in [1.29, 1.82) is 0 Å². The summed E-state index contributed by atoms with van der Waals surface area (Å²) in [5.41, 5.74) is 0.315. The molecule has 4 heteroatoms. The molecular weight excluding hydrogens is 244 g/mol. The van der Waals surface area contributed by atoms with Crippen molar-refractivity contribution < 1.29 is 14.0 Å². The van der Waals surface area contributed by atoms with Gasteiger partial charge in [0.1, 0.15) is 0 Å². The fourth-order valence-electron chi connectivity index (χ4n) is 1.02. The normalized spacial score (nSPS) is 13.8. The number of carbonyl (C=O) groups is 2. The first-order valence-electron chi connectivity index (χ1n) is 6.09. The smallest absolute Gasteiger partial charge is 0.324 e. The molecule has 0 rings (SSSR count). The summed E-state index contributed by atoms with van der Waals surface area (Å²) in [5.74, 6) is -0.565. The predicted molar refractivity (Wildman–Crippen MR) is 76.9 cm³/mol. The Hall–Kier alpha value is -1.16. The third kappa shape index (κ3) is 5.00. The van der Waals surface area contributed by atoms with Gasteiger partial charge in [0.25, 0.3) is 8.32 Å². The van der Waals surface area contributed by atoms with E-state index in [1.165, 1.54) is 13.0 Å². The van der Waals surface area contributed by atoms with E-state index in [1.54, 1.807) is 19.1 Å². The molecule has 0 heterocycles. The van der Waals surface area contributed by atoms with E-state index < -0.39 is 14.3 Å². The maximum atomic E-state index is 12.1. The summed E-state index contributed by atoms with van der Waals surface area (Å²) < 4.78 is 5.65. The standard InChI is InChI=1S/C14H24O3Si/c1-8-9-12(10-11(2)15)13(16)17-18(6,7)14(3,4)5/h8-10H,1-7H3/b9-8-,12-10-. The van der Waals surface area contributed by atoms with Crippen LogP contribution in [0.1, 0.15) is 34.6 Å². The van der Waals surface area contributed by atoms with Gasteiger partial charge in [-0.25, -0.2) is 4.79 Å². The molecule has 18 heavy (non-hydrogen) atoms. The van der Waals surface area contributed by atoms with Crippen molar-refractivity contribution in [2.45, 2.75) is 52.8 Å². The van der Waals surface area contributed by atoms with Crippen LogP contribution in [0.3, 0.4) is 0 Å². The van der Waals surface area contributed by atoms with Crippen LogP contribution in [0, 0.1) is 0 Å². The largest absolute Gasteiger partial charge is 0.516 e. The predicted octanol–water partition coefficient (Wildman–Crippen LogP) is 3.63. The first kappa shape index (κ1) is 16.8. The van der Waals surface area contributed by atoms with Crippen LogP contribution < -0.4 is 0 Å². The van der Waals surface area contributed by atoms with Gasteiger partial charge in [-0.1, -0.05) is 32.9 Å². The van der Waals surface area contributed by atoms with Gasteiger partial charge in [0.05, 0.1) is 5.57 Å². The lowest BCUT2D eigenvalue weighted by Crippen LogP contribution is -2.42. The summed E-state index contributed by atoms with van der Waals surface area (Å²) in [6.45, 7) is 13.4. The molecule has 0 aromatic rings. The highest BCUT2D eigenvalue weighted by Gasteiger charge is 2.40. The summed E-state index contributed by atoms with van der Waals surface area (Å²) >= 11 is 0. The molecule has 0 saturated carbocycles. The van der Waals surface area contributed by atoms with Crippen molar-refractivity contribution in [3.05, 3.63) is 23.8 Å². The topological polar surface area (TPSA) is 43.4 Å². The molecule has 3 nitrogen and oxygen atoms in total. The second-order valence-corrected chi connectivity index (χ2v) is 10.6. The van der Waals surface area contributed by atoms with Gasteiger partial charge in [-0.3, -0.25) is 4.79 Å². The lowest BCUT2D eigenvalue weighted by molar-refractivity contribution is -0.131. The Labute approximate surface area is 111 Å². The van der Waals surface area contributed by atoms with Crippen LogP contribution >= 0.6 is 0 Å². The Kier molecular flexibility index (Phi) is 5.74. The molecule has 0 spiro atoms. The SMILES string of the molecule is C/C=C\C(=C\C(C)=O)C(=O)O[Si](C)(C)C(C)(C)C. The van der Waals surface area contributed by atoms with Gasteiger partial charge in [-0.15, -0.1) is 0 Å². The number of allylic oxidation sites excluding steroid dienone is 2. The van der Waals surface area contributed by atoms with E-state index in [1.807, 2.05) is 13.1 Å². The minimum atomic E-state index is -2.15. The molecule has 0 atom stereocenters. The molecule has 0 aliphatic carbocycles. The highest BCUT2D eigenvalue weighted by molar-refractivity contribution is 6.75. The van der Waals surface area contributed by atoms with Crippen LogP contribution in [-0.2, 0) is 14.0 Å². The maximum absolute atomic E-state index is 12.1. The van der Waals surface area contributed by atoms with Crippen molar-refractivity contribution in [2.75, 3.05) is 0 Å². The molecule has 0 aliphatic heterocycles. The highest BCUT2D eigenvalue weighted by Crippen LogP contribution is 2.37. The van der Waals surface area contributed by atoms with Crippen molar-refractivity contribution in [2.24, 2.45) is 0 Å². The minimum absolute atomic E-state index is 0.0417. The molecule has 0 bridgehead atoms. The summed E-state index contributed by atoms with van der Waals surface area (Å²) in [6, 6.07) is 0. The van der Waals surface area contributed by atoms with Gasteiger partial charge in [-0.2, -0.15) is 0 Å². The van der Waals surface area contributed by atoms with E-state index in [-0.39, 0.29) is 10.8 Å². The van der Waals surface area contributed by atoms with E-state index in [0.717, 1.165) is 0 Å². The number of rotatable bonds is 4. The molecule has 0 saturated heterocycles. The molecule has 0 aliphatic rings. The molecule has 102 valence electrons. The number of carbonyl (C=O) groups excluding carboxylic acids is 2. The van der Waals surface area contributed by atoms with Gasteiger partial charge in [-0.05, 0) is 38.1 Å². The fraction of sp³-hybridized carbons (Fsp3) is 0.571. The summed E-state index contributed by atoms with van der Waals surface area (Å²) in [7, 11) is -2.15. The Morgan fingerprint density at radius 1 is 1.17 bits per heavy atom. The quantitative estimate of drug-likeness (QED) is 0.444. The molecule has 0 aromatic carbocycles. The second kappa shape index (κ2) is 6.14. The lowest BCUT2D eigenvalue weighted by Gasteiger charge is -2.35. The van der Waals surface area contributed by atoms with Gasteiger partial charge in [0.2, 0.25) is 0 Å². The van der Waals surface area contributed by atoms with Crippen LogP contribution in [0.2, 0.25) is 18.1 Å². The Morgan fingerprint density at radius 3 is 2.00 bits per heavy atom. The Morgan fingerprint density at radius 2 is 1.67 bits per heavy atom. The molecular formula is C14H24O3Si. The van der Waals surface area contributed by atoms with Gasteiger partial charge in [0.15, 0.2) is 5.78 Å². The van der Waals surface area contributed by atoms with Crippen molar-refractivity contribution in [3.63, 3.8) is 0 Å². The zero-order valence-electron chi connectivity index (χ0n) is 12.5. The molecule has 0 fully saturated rings. The van der Waals surface area contributed by atoms with Crippen LogP contribution in [0.25, 0.3) is 0 Å². The average Bonchev–Trinajstić information content (AvgIpc) is 2.13. The summed E-state index contributed by atoms with van der Waals surface area (Å²) in [4.78, 5) is 23.2. The molecule has 0 N–H and O–H groups in total. The fourth-order valence-corrected chi connectivity index (χ4v) is 1.90.